The summed E-state index contributed by atoms with van der Waals surface area (Å²) in [4.78, 5) is 0. The molecule has 0 amide bonds. The second kappa shape index (κ2) is 5.70. The molecule has 0 aliphatic rings. The number of hydrogen-bond donors (Lipinski definition) is 0. The molecule has 180 valence electrons. The molecule has 0 saturated carbocycles. The van der Waals surface area contributed by atoms with Crippen molar-refractivity contribution < 1.29 is 0 Å². The summed E-state index contributed by atoms with van der Waals surface area (Å²) in [7, 11) is 0. The summed E-state index contributed by atoms with van der Waals surface area (Å²) < 4.78 is 2.68. The molecule has 8 aromatic carbocycles. The van der Waals surface area contributed by atoms with Crippen LogP contribution in [-0.2, 0) is 5.41 Å². The first-order chi connectivity index (χ1) is 19.0. The quantitative estimate of drug-likeness (QED) is 0.146. The number of hydrogen-bond acceptors (Lipinski definition) is 0. The molecule has 1 heteroatoms. The molecule has 0 bridgehead atoms. The van der Waals surface area contributed by atoms with Crippen LogP contribution < -0.4 is 0 Å². The Labute approximate surface area is 223 Å². The van der Waals surface area contributed by atoms with Gasteiger partial charge in [0, 0.05) is 43.1 Å². The van der Waals surface area contributed by atoms with Crippen molar-refractivity contribution >= 4 is 103 Å². The predicted molar refractivity (Wildman–Crippen MR) is 170 cm³/mol. The van der Waals surface area contributed by atoms with Crippen molar-refractivity contribution in [3.63, 3.8) is 0 Å². The summed E-state index contributed by atoms with van der Waals surface area (Å²) >= 11 is 0. The molecule has 0 N–H and O–H groups in total. The normalized spacial score (nSPS) is 14.0. The van der Waals surface area contributed by atoms with Gasteiger partial charge in [-0.2, -0.15) is 0 Å². The van der Waals surface area contributed by atoms with Gasteiger partial charge >= 0.3 is 0 Å². The minimum absolute atomic E-state index is 0.0503. The number of nitrogens with zero attached hydrogens (tertiary/aromatic N) is 1. The first kappa shape index (κ1) is 19.4. The molecule has 39 heavy (non-hydrogen) atoms. The monoisotopic (exact) mass is 493 g/mol. The molecule has 0 unspecified atom stereocenters. The van der Waals surface area contributed by atoms with E-state index in [2.05, 4.69) is 110 Å². The third-order valence-electron chi connectivity index (χ3n) is 10.1. The molecule has 0 aliphatic carbocycles. The fraction of sp³-hybridized carbons (Fsp3) is 0.105. The highest BCUT2D eigenvalue weighted by Crippen LogP contribution is 2.56. The fourth-order valence-electron chi connectivity index (χ4n) is 8.53. The zero-order chi connectivity index (χ0) is 25.5. The molecular formula is C38H23N. The highest BCUT2D eigenvalue weighted by molar-refractivity contribution is 6.52. The second-order valence-electron chi connectivity index (χ2n) is 12.9. The van der Waals surface area contributed by atoms with Gasteiger partial charge < -0.3 is 4.40 Å². The van der Waals surface area contributed by atoms with E-state index in [-0.39, 0.29) is 5.41 Å². The van der Waals surface area contributed by atoms with Crippen LogP contribution in [0.5, 0.6) is 0 Å². The van der Waals surface area contributed by atoms with E-state index in [0.717, 1.165) is 0 Å². The second-order valence-corrected chi connectivity index (χ2v) is 12.9. The summed E-state index contributed by atoms with van der Waals surface area (Å²) in [5.74, 6) is 0. The van der Waals surface area contributed by atoms with Crippen molar-refractivity contribution in [2.24, 2.45) is 0 Å². The van der Waals surface area contributed by atoms with Gasteiger partial charge in [0.1, 0.15) is 0 Å². The standard InChI is InChI=1S/C38H23N/c1-38(2,3)18-16-27-25-14-6-12-23-21-10-4-8-19-20-9-5-11-22-24-13-7-15-26-28(17-18)35(27)39-36(31(23)25)33(29(19)21)34(30(20)22)37(39)32(24)26/h4-17H,1-3H3. The van der Waals surface area contributed by atoms with Gasteiger partial charge in [-0.05, 0) is 66.2 Å². The van der Waals surface area contributed by atoms with Crippen LogP contribution in [0.15, 0.2) is 84.9 Å². The van der Waals surface area contributed by atoms with Crippen molar-refractivity contribution in [2.45, 2.75) is 26.2 Å². The first-order valence-corrected chi connectivity index (χ1v) is 14.1. The van der Waals surface area contributed by atoms with Crippen molar-refractivity contribution in [3.8, 4) is 0 Å². The van der Waals surface area contributed by atoms with Gasteiger partial charge in [-0.25, -0.2) is 0 Å². The van der Waals surface area contributed by atoms with Gasteiger partial charge in [-0.3, -0.25) is 0 Å². The molecular weight excluding hydrogens is 470 g/mol. The van der Waals surface area contributed by atoms with Crippen LogP contribution in [0, 0.1) is 0 Å². The Morgan fingerprint density at radius 3 is 1.08 bits per heavy atom. The average molecular weight is 494 g/mol. The van der Waals surface area contributed by atoms with Crippen LogP contribution in [0.3, 0.4) is 0 Å². The van der Waals surface area contributed by atoms with E-state index in [0.29, 0.717) is 0 Å². The molecule has 11 rings (SSSR count). The Kier molecular flexibility index (Phi) is 2.84. The topological polar surface area (TPSA) is 4.41 Å². The lowest BCUT2D eigenvalue weighted by Crippen LogP contribution is -2.11. The largest absolute Gasteiger partial charge is 0.307 e. The van der Waals surface area contributed by atoms with E-state index in [1.165, 1.54) is 108 Å². The minimum atomic E-state index is 0.0503. The Bertz CT molecular complexity index is 2600. The van der Waals surface area contributed by atoms with E-state index >= 15 is 0 Å². The molecule has 0 atom stereocenters. The highest BCUT2D eigenvalue weighted by atomic mass is 14.9. The maximum absolute atomic E-state index is 2.68. The molecule has 0 saturated heterocycles. The summed E-state index contributed by atoms with van der Waals surface area (Å²) in [6, 6.07) is 32.9. The molecule has 0 spiro atoms. The van der Waals surface area contributed by atoms with Crippen LogP contribution in [0.1, 0.15) is 26.3 Å². The molecule has 0 radical (unpaired) electrons. The third-order valence-corrected chi connectivity index (χ3v) is 10.1. The van der Waals surface area contributed by atoms with Gasteiger partial charge in [-0.15, -0.1) is 0 Å². The van der Waals surface area contributed by atoms with Gasteiger partial charge in [0.05, 0.1) is 16.6 Å². The van der Waals surface area contributed by atoms with E-state index in [9.17, 15) is 0 Å². The molecule has 0 fully saturated rings. The summed E-state index contributed by atoms with van der Waals surface area (Å²) in [5.41, 5.74) is 5.64. The zero-order valence-electron chi connectivity index (χ0n) is 22.0. The maximum Gasteiger partial charge on any atom is 0.0633 e. The Morgan fingerprint density at radius 2 is 0.718 bits per heavy atom. The van der Waals surface area contributed by atoms with Crippen LogP contribution >= 0.6 is 0 Å². The summed E-state index contributed by atoms with van der Waals surface area (Å²) in [5, 5.41) is 22.3. The van der Waals surface area contributed by atoms with Crippen LogP contribution in [0.25, 0.3) is 103 Å². The predicted octanol–water partition coefficient (Wildman–Crippen LogP) is 10.8. The SMILES string of the molecule is CC(C)(C)c1cc2c3cccc4c5cccc6c7cccc8c9cccc%10c(c1)c2n1c(c43)c(c65)c(c78)c1c9%10. The Hall–Kier alpha value is -4.62. The highest BCUT2D eigenvalue weighted by Gasteiger charge is 2.31. The van der Waals surface area contributed by atoms with E-state index in [1.54, 1.807) is 0 Å². The molecule has 0 aliphatic heterocycles. The maximum atomic E-state index is 2.68. The molecule has 3 aromatic heterocycles. The van der Waals surface area contributed by atoms with Crippen LogP contribution in [0.2, 0.25) is 0 Å². The van der Waals surface area contributed by atoms with E-state index in [4.69, 9.17) is 0 Å². The van der Waals surface area contributed by atoms with Crippen molar-refractivity contribution in [1.29, 1.82) is 0 Å². The third kappa shape index (κ3) is 1.85. The van der Waals surface area contributed by atoms with Crippen LogP contribution in [-0.4, -0.2) is 4.40 Å². The lowest BCUT2D eigenvalue weighted by molar-refractivity contribution is 0.592. The number of pyridine rings is 2. The van der Waals surface area contributed by atoms with Gasteiger partial charge in [0.25, 0.3) is 0 Å². The number of rotatable bonds is 0. The van der Waals surface area contributed by atoms with Gasteiger partial charge in [-0.1, -0.05) is 93.6 Å². The zero-order valence-corrected chi connectivity index (χ0v) is 22.0. The summed E-state index contributed by atoms with van der Waals surface area (Å²) in [6.45, 7) is 7.03. The lowest BCUT2D eigenvalue weighted by atomic mass is 9.83. The smallest absolute Gasteiger partial charge is 0.0633 e. The lowest BCUT2D eigenvalue weighted by Gasteiger charge is -2.24. The van der Waals surface area contributed by atoms with E-state index in [1.807, 2.05) is 0 Å². The number of fused-ring (bicyclic) bond motifs is 5. The summed E-state index contributed by atoms with van der Waals surface area (Å²) in [6.07, 6.45) is 0. The van der Waals surface area contributed by atoms with Gasteiger partial charge in [0.2, 0.25) is 0 Å². The average Bonchev–Trinajstić information content (AvgIpc) is 3.33. The van der Waals surface area contributed by atoms with Crippen LogP contribution in [0.4, 0.5) is 0 Å². The van der Waals surface area contributed by atoms with Crippen molar-refractivity contribution in [1.82, 2.24) is 4.40 Å². The Morgan fingerprint density at radius 1 is 0.385 bits per heavy atom. The van der Waals surface area contributed by atoms with Gasteiger partial charge in [0.15, 0.2) is 0 Å². The van der Waals surface area contributed by atoms with Crippen molar-refractivity contribution in [3.05, 3.63) is 90.5 Å². The van der Waals surface area contributed by atoms with E-state index < -0.39 is 0 Å². The molecule has 11 aromatic rings. The fourth-order valence-corrected chi connectivity index (χ4v) is 8.53. The Balaban J connectivity index is 1.70. The van der Waals surface area contributed by atoms with Crippen molar-refractivity contribution in [2.75, 3.05) is 0 Å². The number of aromatic nitrogens is 1. The first-order valence-electron chi connectivity index (χ1n) is 14.1. The molecule has 1 nitrogen and oxygen atoms in total. The molecule has 3 heterocycles. The minimum Gasteiger partial charge on any atom is -0.307 e. The number of benzene rings is 8.